The van der Waals surface area contributed by atoms with Gasteiger partial charge in [0.25, 0.3) is 0 Å². The third-order valence-corrected chi connectivity index (χ3v) is 2.71. The molecule has 0 bridgehead atoms. The average molecular weight is 214 g/mol. The van der Waals surface area contributed by atoms with Crippen molar-refractivity contribution in [1.82, 2.24) is 10.6 Å². The Labute approximate surface area is 89.5 Å². The van der Waals surface area contributed by atoms with E-state index in [2.05, 4.69) is 10.6 Å². The zero-order valence-corrected chi connectivity index (χ0v) is 9.42. The number of alkyl carbamates (subject to hydrolysis) is 1. The molecule has 2 rings (SSSR count). The van der Waals surface area contributed by atoms with Crippen molar-refractivity contribution in [1.29, 1.82) is 0 Å². The van der Waals surface area contributed by atoms with Gasteiger partial charge in [0, 0.05) is 13.1 Å². The van der Waals surface area contributed by atoms with Gasteiger partial charge in [-0.05, 0) is 20.8 Å². The standard InChI is InChI=1S/C10H18N2O3/c1-9(2,3)15-8(13)12-7-4-14-10(7)5-11-6-10/h7,11H,4-6H2,1-3H3,(H,12,13). The predicted octanol–water partition coefficient (Wildman–Crippen LogP) is 0.252. The maximum absolute atomic E-state index is 11.5. The summed E-state index contributed by atoms with van der Waals surface area (Å²) in [5.41, 5.74) is -0.601. The van der Waals surface area contributed by atoms with Gasteiger partial charge in [0.1, 0.15) is 11.2 Å². The van der Waals surface area contributed by atoms with Gasteiger partial charge < -0.3 is 20.1 Å². The fourth-order valence-corrected chi connectivity index (χ4v) is 1.75. The molecule has 0 saturated carbocycles. The molecule has 5 heteroatoms. The molecule has 0 radical (unpaired) electrons. The number of hydrogen-bond acceptors (Lipinski definition) is 4. The highest BCUT2D eigenvalue weighted by Crippen LogP contribution is 2.30. The first-order valence-corrected chi connectivity index (χ1v) is 5.25. The van der Waals surface area contributed by atoms with E-state index in [0.717, 1.165) is 13.1 Å². The lowest BCUT2D eigenvalue weighted by Gasteiger charge is -2.55. The number of rotatable bonds is 1. The number of ether oxygens (including phenoxy) is 2. The Balaban J connectivity index is 1.80. The smallest absolute Gasteiger partial charge is 0.408 e. The molecule has 2 saturated heterocycles. The van der Waals surface area contributed by atoms with Gasteiger partial charge in [0.2, 0.25) is 0 Å². The molecule has 2 fully saturated rings. The molecule has 0 aromatic carbocycles. The first-order valence-electron chi connectivity index (χ1n) is 5.25. The van der Waals surface area contributed by atoms with Crippen LogP contribution < -0.4 is 10.6 Å². The molecule has 1 spiro atoms. The molecule has 1 unspecified atom stereocenters. The summed E-state index contributed by atoms with van der Waals surface area (Å²) in [6, 6.07) is 0.0913. The van der Waals surface area contributed by atoms with E-state index in [4.69, 9.17) is 9.47 Å². The van der Waals surface area contributed by atoms with Gasteiger partial charge in [-0.3, -0.25) is 0 Å². The molecule has 2 N–H and O–H groups in total. The number of nitrogens with one attached hydrogen (secondary N) is 2. The zero-order chi connectivity index (χ0) is 11.1. The largest absolute Gasteiger partial charge is 0.444 e. The van der Waals surface area contributed by atoms with E-state index in [1.807, 2.05) is 20.8 Å². The predicted molar refractivity (Wildman–Crippen MR) is 54.7 cm³/mol. The summed E-state index contributed by atoms with van der Waals surface area (Å²) in [6.45, 7) is 7.77. The second-order valence-electron chi connectivity index (χ2n) is 5.18. The highest BCUT2D eigenvalue weighted by molar-refractivity contribution is 5.68. The van der Waals surface area contributed by atoms with Crippen molar-refractivity contribution >= 4 is 6.09 Å². The van der Waals surface area contributed by atoms with Crippen LogP contribution in [0, 0.1) is 0 Å². The molecule has 86 valence electrons. The molecule has 2 aliphatic heterocycles. The molecule has 1 atom stereocenters. The summed E-state index contributed by atoms with van der Waals surface area (Å²) in [6.07, 6.45) is -0.359. The van der Waals surface area contributed by atoms with Gasteiger partial charge in [0.05, 0.1) is 12.6 Å². The Kier molecular flexibility index (Phi) is 2.39. The van der Waals surface area contributed by atoms with E-state index >= 15 is 0 Å². The number of hydrogen-bond donors (Lipinski definition) is 2. The third-order valence-electron chi connectivity index (χ3n) is 2.71. The molecular formula is C10H18N2O3. The van der Waals surface area contributed by atoms with Crippen molar-refractivity contribution in [3.63, 3.8) is 0 Å². The highest BCUT2D eigenvalue weighted by atomic mass is 16.6. The SMILES string of the molecule is CC(C)(C)OC(=O)NC1COC12CNC2. The zero-order valence-electron chi connectivity index (χ0n) is 9.42. The quantitative estimate of drug-likeness (QED) is 0.657. The molecule has 5 nitrogen and oxygen atoms in total. The molecule has 15 heavy (non-hydrogen) atoms. The molecule has 0 aromatic heterocycles. The van der Waals surface area contributed by atoms with Crippen molar-refractivity contribution in [3.8, 4) is 0 Å². The van der Waals surface area contributed by atoms with Crippen LogP contribution in [0.1, 0.15) is 20.8 Å². The number of carbonyl (C=O) groups excluding carboxylic acids is 1. The maximum Gasteiger partial charge on any atom is 0.408 e. The van der Waals surface area contributed by atoms with Crippen LogP contribution in [0.5, 0.6) is 0 Å². The molecule has 2 aliphatic rings. The topological polar surface area (TPSA) is 59.6 Å². The Hall–Kier alpha value is -0.810. The average Bonchev–Trinajstić information content (AvgIpc) is 1.91. The molecule has 1 amide bonds. The fourth-order valence-electron chi connectivity index (χ4n) is 1.75. The van der Waals surface area contributed by atoms with E-state index in [1.54, 1.807) is 0 Å². The summed E-state index contributed by atoms with van der Waals surface area (Å²) in [4.78, 5) is 11.5. The van der Waals surface area contributed by atoms with Gasteiger partial charge >= 0.3 is 6.09 Å². The van der Waals surface area contributed by atoms with Gasteiger partial charge in [-0.25, -0.2) is 4.79 Å². The maximum atomic E-state index is 11.5. The van der Waals surface area contributed by atoms with Crippen LogP contribution in [0.25, 0.3) is 0 Å². The van der Waals surface area contributed by atoms with Crippen molar-refractivity contribution in [2.24, 2.45) is 0 Å². The highest BCUT2D eigenvalue weighted by Gasteiger charge is 2.53. The summed E-state index contributed by atoms with van der Waals surface area (Å²) in [7, 11) is 0. The normalized spacial score (nSPS) is 27.8. The molecule has 2 heterocycles. The van der Waals surface area contributed by atoms with Crippen LogP contribution in [0.15, 0.2) is 0 Å². The first kappa shape index (κ1) is 10.7. The fraction of sp³-hybridized carbons (Fsp3) is 0.900. The minimum atomic E-state index is -0.445. The van der Waals surface area contributed by atoms with Crippen molar-refractivity contribution in [2.75, 3.05) is 19.7 Å². The Morgan fingerprint density at radius 1 is 1.53 bits per heavy atom. The lowest BCUT2D eigenvalue weighted by atomic mass is 9.83. The minimum Gasteiger partial charge on any atom is -0.444 e. The molecule has 0 aliphatic carbocycles. The Morgan fingerprint density at radius 3 is 2.53 bits per heavy atom. The molecular weight excluding hydrogens is 196 g/mol. The van der Waals surface area contributed by atoms with Gasteiger partial charge in [-0.15, -0.1) is 0 Å². The summed E-state index contributed by atoms with van der Waals surface area (Å²) in [5, 5.41) is 5.98. The van der Waals surface area contributed by atoms with Crippen LogP contribution >= 0.6 is 0 Å². The lowest BCUT2D eigenvalue weighted by molar-refractivity contribution is -0.200. The van der Waals surface area contributed by atoms with Crippen LogP contribution in [0.3, 0.4) is 0 Å². The number of amides is 1. The second kappa shape index (κ2) is 3.35. The summed E-state index contributed by atoms with van der Waals surface area (Å²) >= 11 is 0. The second-order valence-corrected chi connectivity index (χ2v) is 5.18. The Bertz CT molecular complexity index is 263. The minimum absolute atomic E-state index is 0.0913. The van der Waals surface area contributed by atoms with Crippen LogP contribution in [0.4, 0.5) is 4.79 Å². The summed E-state index contributed by atoms with van der Waals surface area (Å²) in [5.74, 6) is 0. The monoisotopic (exact) mass is 214 g/mol. The summed E-state index contributed by atoms with van der Waals surface area (Å²) < 4.78 is 10.6. The van der Waals surface area contributed by atoms with E-state index in [-0.39, 0.29) is 17.7 Å². The van der Waals surface area contributed by atoms with Gasteiger partial charge in [-0.2, -0.15) is 0 Å². The van der Waals surface area contributed by atoms with Gasteiger partial charge in [-0.1, -0.05) is 0 Å². The van der Waals surface area contributed by atoms with E-state index in [1.165, 1.54) is 0 Å². The van der Waals surface area contributed by atoms with E-state index in [9.17, 15) is 4.79 Å². The first-order chi connectivity index (χ1) is 6.91. The lowest BCUT2D eigenvalue weighted by Crippen LogP contribution is -2.78. The van der Waals surface area contributed by atoms with E-state index < -0.39 is 5.60 Å². The van der Waals surface area contributed by atoms with Crippen LogP contribution in [0.2, 0.25) is 0 Å². The number of carbonyl (C=O) groups is 1. The molecule has 0 aromatic rings. The third kappa shape index (κ3) is 2.08. The van der Waals surface area contributed by atoms with Crippen molar-refractivity contribution in [3.05, 3.63) is 0 Å². The van der Waals surface area contributed by atoms with Crippen LogP contribution in [-0.4, -0.2) is 43.0 Å². The van der Waals surface area contributed by atoms with Crippen molar-refractivity contribution in [2.45, 2.75) is 38.0 Å². The van der Waals surface area contributed by atoms with E-state index in [0.29, 0.717) is 6.61 Å². The Morgan fingerprint density at radius 2 is 2.20 bits per heavy atom. The van der Waals surface area contributed by atoms with Crippen molar-refractivity contribution < 1.29 is 14.3 Å². The van der Waals surface area contributed by atoms with Crippen LogP contribution in [-0.2, 0) is 9.47 Å². The van der Waals surface area contributed by atoms with Gasteiger partial charge in [0.15, 0.2) is 0 Å².